The lowest BCUT2D eigenvalue weighted by molar-refractivity contribution is -0.152. The standard InChI is InChI=1S/C17H25N3O4/c1-12-14(15(22)20-10-8-18(3)9-11-20)17(24-16(12)23)4-6-19(7-5-17)13(2)21/h4-11H2,1-3H3. The quantitative estimate of drug-likeness (QED) is 0.632. The number of carbonyl (C=O) groups excluding carboxylic acids is 3. The maximum Gasteiger partial charge on any atom is 0.335 e. The lowest BCUT2D eigenvalue weighted by atomic mass is 9.82. The van der Waals surface area contributed by atoms with Crippen LogP contribution in [0.15, 0.2) is 11.1 Å². The molecule has 2 amide bonds. The molecule has 0 aromatic heterocycles. The third-order valence-corrected chi connectivity index (χ3v) is 5.45. The summed E-state index contributed by atoms with van der Waals surface area (Å²) >= 11 is 0. The summed E-state index contributed by atoms with van der Waals surface area (Å²) in [5.74, 6) is -0.465. The van der Waals surface area contributed by atoms with Crippen LogP contribution in [0.3, 0.4) is 0 Å². The summed E-state index contributed by atoms with van der Waals surface area (Å²) in [6, 6.07) is 0. The Labute approximate surface area is 142 Å². The second-order valence-corrected chi connectivity index (χ2v) is 6.99. The Kier molecular flexibility index (Phi) is 4.38. The summed E-state index contributed by atoms with van der Waals surface area (Å²) in [7, 11) is 2.04. The van der Waals surface area contributed by atoms with Gasteiger partial charge in [-0.2, -0.15) is 0 Å². The number of rotatable bonds is 1. The molecular formula is C17H25N3O4. The highest BCUT2D eigenvalue weighted by molar-refractivity contribution is 6.07. The van der Waals surface area contributed by atoms with E-state index in [4.69, 9.17) is 4.74 Å². The first-order valence-electron chi connectivity index (χ1n) is 8.52. The van der Waals surface area contributed by atoms with Gasteiger partial charge in [-0.1, -0.05) is 0 Å². The van der Waals surface area contributed by atoms with Crippen molar-refractivity contribution in [1.29, 1.82) is 0 Å². The first-order chi connectivity index (χ1) is 11.3. The van der Waals surface area contributed by atoms with Crippen LogP contribution in [-0.4, -0.2) is 84.4 Å². The molecule has 0 aliphatic carbocycles. The molecular weight excluding hydrogens is 310 g/mol. The minimum atomic E-state index is -0.854. The van der Waals surface area contributed by atoms with Crippen LogP contribution < -0.4 is 0 Å². The number of esters is 1. The van der Waals surface area contributed by atoms with E-state index in [-0.39, 0.29) is 11.8 Å². The molecule has 3 rings (SSSR count). The van der Waals surface area contributed by atoms with Gasteiger partial charge in [0.25, 0.3) is 5.91 Å². The van der Waals surface area contributed by atoms with Gasteiger partial charge in [0.05, 0.1) is 5.57 Å². The molecule has 2 saturated heterocycles. The van der Waals surface area contributed by atoms with E-state index in [1.807, 2.05) is 11.9 Å². The Bertz CT molecular complexity index is 597. The van der Waals surface area contributed by atoms with Gasteiger partial charge in [-0.15, -0.1) is 0 Å². The number of piperidine rings is 1. The van der Waals surface area contributed by atoms with Gasteiger partial charge in [-0.05, 0) is 14.0 Å². The fourth-order valence-electron chi connectivity index (χ4n) is 3.81. The zero-order chi connectivity index (χ0) is 17.5. The largest absolute Gasteiger partial charge is 0.450 e. The summed E-state index contributed by atoms with van der Waals surface area (Å²) in [5.41, 5.74) is 0.0866. The second kappa shape index (κ2) is 6.20. The zero-order valence-corrected chi connectivity index (χ0v) is 14.6. The van der Waals surface area contributed by atoms with E-state index in [0.29, 0.717) is 50.2 Å². The predicted octanol–water partition coefficient (Wildman–Crippen LogP) is 0.0148. The molecule has 0 N–H and O–H groups in total. The van der Waals surface area contributed by atoms with Crippen LogP contribution in [0.5, 0.6) is 0 Å². The SMILES string of the molecule is CC(=O)N1CCC2(CC1)OC(=O)C(C)=C2C(=O)N1CCN(C)CC1. The zero-order valence-electron chi connectivity index (χ0n) is 14.6. The lowest BCUT2D eigenvalue weighted by Gasteiger charge is -2.41. The molecule has 1 spiro atoms. The highest BCUT2D eigenvalue weighted by Gasteiger charge is 2.52. The molecule has 0 aromatic rings. The van der Waals surface area contributed by atoms with Gasteiger partial charge >= 0.3 is 5.97 Å². The molecule has 3 aliphatic rings. The van der Waals surface area contributed by atoms with Gasteiger partial charge in [0.1, 0.15) is 5.60 Å². The lowest BCUT2D eigenvalue weighted by Crippen LogP contribution is -2.53. The Balaban J connectivity index is 1.82. The fraction of sp³-hybridized carbons (Fsp3) is 0.706. The molecule has 0 aromatic carbocycles. The second-order valence-electron chi connectivity index (χ2n) is 6.99. The van der Waals surface area contributed by atoms with Crippen LogP contribution in [0.25, 0.3) is 0 Å². The van der Waals surface area contributed by atoms with Crippen molar-refractivity contribution >= 4 is 17.8 Å². The Morgan fingerprint density at radius 3 is 2.12 bits per heavy atom. The number of ether oxygens (including phenoxy) is 1. The van der Waals surface area contributed by atoms with E-state index in [9.17, 15) is 14.4 Å². The van der Waals surface area contributed by atoms with Crippen molar-refractivity contribution in [3.8, 4) is 0 Å². The Morgan fingerprint density at radius 2 is 1.58 bits per heavy atom. The van der Waals surface area contributed by atoms with Gasteiger partial charge in [0, 0.05) is 64.6 Å². The molecule has 132 valence electrons. The van der Waals surface area contributed by atoms with Crippen molar-refractivity contribution < 1.29 is 19.1 Å². The van der Waals surface area contributed by atoms with E-state index in [2.05, 4.69) is 4.90 Å². The first kappa shape index (κ1) is 17.0. The van der Waals surface area contributed by atoms with Crippen molar-refractivity contribution in [2.24, 2.45) is 0 Å². The van der Waals surface area contributed by atoms with Gasteiger partial charge < -0.3 is 19.4 Å². The van der Waals surface area contributed by atoms with E-state index in [1.54, 1.807) is 11.8 Å². The summed E-state index contributed by atoms with van der Waals surface area (Å²) in [6.07, 6.45) is 0.981. The minimum absolute atomic E-state index is 0.0156. The number of amides is 2. The molecule has 0 atom stereocenters. The van der Waals surface area contributed by atoms with Crippen LogP contribution in [0, 0.1) is 0 Å². The minimum Gasteiger partial charge on any atom is -0.450 e. The van der Waals surface area contributed by atoms with Gasteiger partial charge in [-0.25, -0.2) is 4.79 Å². The molecule has 24 heavy (non-hydrogen) atoms. The molecule has 0 unspecified atom stereocenters. The number of likely N-dealkylation sites (N-methyl/N-ethyl adjacent to an activating group) is 1. The van der Waals surface area contributed by atoms with Gasteiger partial charge in [-0.3, -0.25) is 9.59 Å². The first-order valence-corrected chi connectivity index (χ1v) is 8.52. The molecule has 0 bridgehead atoms. The van der Waals surface area contributed by atoms with E-state index < -0.39 is 11.6 Å². The summed E-state index contributed by atoms with van der Waals surface area (Å²) in [6.45, 7) is 7.22. The fourth-order valence-corrected chi connectivity index (χ4v) is 3.81. The van der Waals surface area contributed by atoms with Crippen molar-refractivity contribution in [2.45, 2.75) is 32.3 Å². The molecule has 0 saturated carbocycles. The van der Waals surface area contributed by atoms with Gasteiger partial charge in [0.2, 0.25) is 5.91 Å². The average Bonchev–Trinajstić information content (AvgIpc) is 2.78. The summed E-state index contributed by atoms with van der Waals surface area (Å²) in [4.78, 5) is 42.6. The number of hydrogen-bond acceptors (Lipinski definition) is 5. The van der Waals surface area contributed by atoms with E-state index >= 15 is 0 Å². The molecule has 3 aliphatic heterocycles. The van der Waals surface area contributed by atoms with E-state index in [0.717, 1.165) is 13.1 Å². The third-order valence-electron chi connectivity index (χ3n) is 5.45. The molecule has 3 heterocycles. The van der Waals surface area contributed by atoms with Crippen LogP contribution >= 0.6 is 0 Å². The topological polar surface area (TPSA) is 70.2 Å². The molecule has 0 radical (unpaired) electrons. The van der Waals surface area contributed by atoms with Crippen LogP contribution in [0.4, 0.5) is 0 Å². The highest BCUT2D eigenvalue weighted by Crippen LogP contribution is 2.41. The highest BCUT2D eigenvalue weighted by atomic mass is 16.6. The van der Waals surface area contributed by atoms with Crippen molar-refractivity contribution in [1.82, 2.24) is 14.7 Å². The summed E-state index contributed by atoms with van der Waals surface area (Å²) in [5, 5.41) is 0. The Morgan fingerprint density at radius 1 is 1.00 bits per heavy atom. The number of piperazine rings is 1. The number of carbonyl (C=O) groups is 3. The van der Waals surface area contributed by atoms with Crippen LogP contribution in [-0.2, 0) is 19.1 Å². The Hall–Kier alpha value is -1.89. The normalized spacial score (nSPS) is 24.5. The number of likely N-dealkylation sites (tertiary alicyclic amines) is 1. The number of nitrogens with zero attached hydrogens (tertiary/aromatic N) is 3. The van der Waals surface area contributed by atoms with E-state index in [1.165, 1.54) is 6.92 Å². The third kappa shape index (κ3) is 2.81. The van der Waals surface area contributed by atoms with Crippen LogP contribution in [0.1, 0.15) is 26.7 Å². The molecule has 2 fully saturated rings. The smallest absolute Gasteiger partial charge is 0.335 e. The van der Waals surface area contributed by atoms with Crippen LogP contribution in [0.2, 0.25) is 0 Å². The van der Waals surface area contributed by atoms with Crippen molar-refractivity contribution in [3.63, 3.8) is 0 Å². The average molecular weight is 335 g/mol. The molecule has 7 heteroatoms. The van der Waals surface area contributed by atoms with Gasteiger partial charge in [0.15, 0.2) is 0 Å². The maximum absolute atomic E-state index is 13.1. The van der Waals surface area contributed by atoms with Crippen molar-refractivity contribution in [3.05, 3.63) is 11.1 Å². The predicted molar refractivity (Wildman–Crippen MR) is 87.1 cm³/mol. The van der Waals surface area contributed by atoms with Crippen molar-refractivity contribution in [2.75, 3.05) is 46.3 Å². The molecule has 7 nitrogen and oxygen atoms in total. The maximum atomic E-state index is 13.1. The monoisotopic (exact) mass is 335 g/mol. The number of hydrogen-bond donors (Lipinski definition) is 0. The summed E-state index contributed by atoms with van der Waals surface area (Å²) < 4.78 is 5.67.